The Morgan fingerprint density at radius 2 is 1.91 bits per heavy atom. The molecule has 0 bridgehead atoms. The number of hydrogen-bond acceptors (Lipinski definition) is 6. The van der Waals surface area contributed by atoms with Crippen molar-refractivity contribution in [3.63, 3.8) is 0 Å². The minimum absolute atomic E-state index is 0.105. The van der Waals surface area contributed by atoms with Crippen LogP contribution in [0.4, 0.5) is 5.69 Å². The Hall–Kier alpha value is -2.91. The van der Waals surface area contributed by atoms with Crippen molar-refractivity contribution in [3.8, 4) is 11.1 Å². The maximum absolute atomic E-state index is 13.2. The monoisotopic (exact) mass is 467 g/mol. The van der Waals surface area contributed by atoms with Crippen molar-refractivity contribution in [2.45, 2.75) is 32.9 Å². The van der Waals surface area contributed by atoms with Crippen LogP contribution in [-0.2, 0) is 18.9 Å². The third-order valence-corrected chi connectivity index (χ3v) is 7.60. The third kappa shape index (κ3) is 3.98. The van der Waals surface area contributed by atoms with Crippen molar-refractivity contribution in [2.24, 2.45) is 14.1 Å². The van der Waals surface area contributed by atoms with Crippen molar-refractivity contribution in [1.82, 2.24) is 19.3 Å². The van der Waals surface area contributed by atoms with Gasteiger partial charge < -0.3 is 5.32 Å². The molecular weight excluding hydrogens is 442 g/mol. The average molecular weight is 468 g/mol. The van der Waals surface area contributed by atoms with Gasteiger partial charge in [-0.2, -0.15) is 5.10 Å². The quantitative estimate of drug-likeness (QED) is 0.348. The molecule has 1 aromatic carbocycles. The first-order chi connectivity index (χ1) is 15.2. The number of rotatable bonds is 5. The molecule has 0 spiro atoms. The van der Waals surface area contributed by atoms with Gasteiger partial charge in [0.05, 0.1) is 28.2 Å². The Labute approximate surface area is 194 Å². The van der Waals surface area contributed by atoms with E-state index in [1.54, 1.807) is 11.7 Å². The van der Waals surface area contributed by atoms with Crippen molar-refractivity contribution < 1.29 is 4.79 Å². The third-order valence-electron chi connectivity index (χ3n) is 5.70. The molecule has 0 aliphatic heterocycles. The molecule has 0 unspecified atom stereocenters. The van der Waals surface area contributed by atoms with Gasteiger partial charge >= 0.3 is 0 Å². The van der Waals surface area contributed by atoms with E-state index in [1.807, 2.05) is 32.3 Å². The van der Waals surface area contributed by atoms with Gasteiger partial charge in [0.2, 0.25) is 5.91 Å². The SMILES string of the molecule is Cc1ccc(-c2csc3nc(SCC(=O)Nc4c(C)nn(C)c4C)n(C)c(=O)c23)cc1C. The lowest BCUT2D eigenvalue weighted by Gasteiger charge is -2.09. The summed E-state index contributed by atoms with van der Waals surface area (Å²) in [5.41, 5.74) is 6.60. The van der Waals surface area contributed by atoms with E-state index < -0.39 is 0 Å². The van der Waals surface area contributed by atoms with E-state index in [0.717, 1.165) is 28.2 Å². The summed E-state index contributed by atoms with van der Waals surface area (Å²) in [6.45, 7) is 7.91. The highest BCUT2D eigenvalue weighted by Crippen LogP contribution is 2.33. The summed E-state index contributed by atoms with van der Waals surface area (Å²) in [6, 6.07) is 6.21. The zero-order valence-corrected chi connectivity index (χ0v) is 20.6. The summed E-state index contributed by atoms with van der Waals surface area (Å²) >= 11 is 2.70. The normalized spacial score (nSPS) is 11.3. The summed E-state index contributed by atoms with van der Waals surface area (Å²) in [4.78, 5) is 31.1. The molecule has 7 nitrogen and oxygen atoms in total. The minimum atomic E-state index is -0.162. The number of amides is 1. The smallest absolute Gasteiger partial charge is 0.263 e. The lowest BCUT2D eigenvalue weighted by Crippen LogP contribution is -2.21. The van der Waals surface area contributed by atoms with Gasteiger partial charge in [-0.3, -0.25) is 18.8 Å². The number of nitrogens with one attached hydrogen (secondary N) is 1. The maximum Gasteiger partial charge on any atom is 0.263 e. The molecule has 9 heteroatoms. The first kappa shape index (κ1) is 22.3. The summed E-state index contributed by atoms with van der Waals surface area (Å²) in [5, 5.41) is 10.4. The van der Waals surface area contributed by atoms with E-state index in [0.29, 0.717) is 15.4 Å². The van der Waals surface area contributed by atoms with E-state index in [-0.39, 0.29) is 17.2 Å². The molecule has 0 atom stereocenters. The lowest BCUT2D eigenvalue weighted by atomic mass is 10.0. The molecule has 0 saturated carbocycles. The number of carbonyl (C=O) groups is 1. The molecule has 0 radical (unpaired) electrons. The van der Waals surface area contributed by atoms with Crippen LogP contribution in [0.5, 0.6) is 0 Å². The molecule has 1 amide bonds. The molecule has 0 fully saturated rings. The van der Waals surface area contributed by atoms with Gasteiger partial charge in [0, 0.05) is 25.0 Å². The van der Waals surface area contributed by atoms with Crippen molar-refractivity contribution in [1.29, 1.82) is 0 Å². The molecule has 166 valence electrons. The van der Waals surface area contributed by atoms with Crippen LogP contribution in [-0.4, -0.2) is 31.0 Å². The summed E-state index contributed by atoms with van der Waals surface area (Å²) in [7, 11) is 3.54. The van der Waals surface area contributed by atoms with Crippen molar-refractivity contribution >= 4 is 44.9 Å². The Bertz CT molecular complexity index is 1410. The number of hydrogen-bond donors (Lipinski definition) is 1. The highest BCUT2D eigenvalue weighted by Gasteiger charge is 2.18. The number of carbonyl (C=O) groups excluding carboxylic acids is 1. The molecule has 0 aliphatic carbocycles. The molecule has 32 heavy (non-hydrogen) atoms. The van der Waals surface area contributed by atoms with E-state index in [1.165, 1.54) is 38.8 Å². The van der Waals surface area contributed by atoms with E-state index in [9.17, 15) is 9.59 Å². The van der Waals surface area contributed by atoms with Crippen LogP contribution < -0.4 is 10.9 Å². The highest BCUT2D eigenvalue weighted by atomic mass is 32.2. The second kappa shape index (κ2) is 8.55. The molecular formula is C23H25N5O2S2. The first-order valence-electron chi connectivity index (χ1n) is 10.2. The van der Waals surface area contributed by atoms with Crippen LogP contribution in [0.25, 0.3) is 21.3 Å². The zero-order valence-electron chi connectivity index (χ0n) is 18.9. The summed E-state index contributed by atoms with van der Waals surface area (Å²) in [6.07, 6.45) is 0. The van der Waals surface area contributed by atoms with Gasteiger partial charge in [-0.05, 0) is 44.4 Å². The lowest BCUT2D eigenvalue weighted by molar-refractivity contribution is -0.113. The summed E-state index contributed by atoms with van der Waals surface area (Å²) in [5.74, 6) is -0.0138. The molecule has 0 saturated heterocycles. The highest BCUT2D eigenvalue weighted by molar-refractivity contribution is 7.99. The van der Waals surface area contributed by atoms with Gasteiger partial charge in [-0.25, -0.2) is 4.98 Å². The van der Waals surface area contributed by atoms with Gasteiger partial charge in [0.1, 0.15) is 4.83 Å². The predicted octanol–water partition coefficient (Wildman–Crippen LogP) is 4.36. The number of anilines is 1. The topological polar surface area (TPSA) is 81.8 Å². The van der Waals surface area contributed by atoms with E-state index in [2.05, 4.69) is 41.4 Å². The Morgan fingerprint density at radius 3 is 2.56 bits per heavy atom. The number of fused-ring (bicyclic) bond motifs is 1. The first-order valence-corrected chi connectivity index (χ1v) is 12.0. The molecule has 3 aromatic heterocycles. The standard InChI is InChI=1S/C23H25N5O2S2/c1-12-7-8-16(9-13(12)2)17-10-31-21-19(17)22(30)27(5)23(25-21)32-11-18(29)24-20-14(3)26-28(6)15(20)4/h7-10H,11H2,1-6H3,(H,24,29). The molecule has 1 N–H and O–H groups in total. The summed E-state index contributed by atoms with van der Waals surface area (Å²) < 4.78 is 3.26. The fraction of sp³-hybridized carbons (Fsp3) is 0.304. The Balaban J connectivity index is 1.59. The van der Waals surface area contributed by atoms with Crippen molar-refractivity contribution in [2.75, 3.05) is 11.1 Å². The number of nitrogens with zero attached hydrogens (tertiary/aromatic N) is 4. The van der Waals surface area contributed by atoms with Gasteiger partial charge in [-0.15, -0.1) is 11.3 Å². The maximum atomic E-state index is 13.2. The average Bonchev–Trinajstić information content (AvgIpc) is 3.28. The Kier molecular flexibility index (Phi) is 5.96. The second-order valence-electron chi connectivity index (χ2n) is 7.89. The molecule has 3 heterocycles. The fourth-order valence-corrected chi connectivity index (χ4v) is 5.32. The van der Waals surface area contributed by atoms with Gasteiger partial charge in [0.15, 0.2) is 5.16 Å². The zero-order chi connectivity index (χ0) is 23.2. The number of aryl methyl sites for hydroxylation is 4. The second-order valence-corrected chi connectivity index (χ2v) is 9.69. The molecule has 0 aliphatic rings. The number of thioether (sulfide) groups is 1. The van der Waals surface area contributed by atoms with Crippen molar-refractivity contribution in [3.05, 3.63) is 56.4 Å². The number of thiophene rings is 1. The van der Waals surface area contributed by atoms with Crippen LogP contribution in [0, 0.1) is 27.7 Å². The molecule has 4 rings (SSSR count). The Morgan fingerprint density at radius 1 is 1.16 bits per heavy atom. The number of aromatic nitrogens is 4. The van der Waals surface area contributed by atoms with Crippen LogP contribution in [0.2, 0.25) is 0 Å². The van der Waals surface area contributed by atoms with Crippen LogP contribution in [0.3, 0.4) is 0 Å². The number of benzene rings is 1. The van der Waals surface area contributed by atoms with Crippen LogP contribution in [0.15, 0.2) is 33.5 Å². The van der Waals surface area contributed by atoms with E-state index in [4.69, 9.17) is 0 Å². The largest absolute Gasteiger partial charge is 0.322 e. The minimum Gasteiger partial charge on any atom is -0.322 e. The van der Waals surface area contributed by atoms with Crippen LogP contribution >= 0.6 is 23.1 Å². The van der Waals surface area contributed by atoms with Crippen LogP contribution in [0.1, 0.15) is 22.5 Å². The molecule has 4 aromatic rings. The van der Waals surface area contributed by atoms with Gasteiger partial charge in [0.25, 0.3) is 5.56 Å². The predicted molar refractivity (Wildman–Crippen MR) is 132 cm³/mol. The fourth-order valence-electron chi connectivity index (χ4n) is 3.56. The van der Waals surface area contributed by atoms with E-state index >= 15 is 0 Å². The van der Waals surface area contributed by atoms with Gasteiger partial charge in [-0.1, -0.05) is 30.0 Å².